The third-order valence-corrected chi connectivity index (χ3v) is 8.12. The molecule has 7 heteroatoms. The van der Waals surface area contributed by atoms with Crippen LogP contribution in [-0.2, 0) is 16.6 Å². The van der Waals surface area contributed by atoms with Crippen molar-refractivity contribution in [1.29, 1.82) is 0 Å². The van der Waals surface area contributed by atoms with Crippen molar-refractivity contribution in [1.82, 2.24) is 9.21 Å². The van der Waals surface area contributed by atoms with E-state index in [4.69, 9.17) is 0 Å². The van der Waals surface area contributed by atoms with Gasteiger partial charge in [-0.3, -0.25) is 4.79 Å². The summed E-state index contributed by atoms with van der Waals surface area (Å²) < 4.78 is 27.7. The van der Waals surface area contributed by atoms with Gasteiger partial charge in [0.05, 0.1) is 10.5 Å². The molecule has 0 radical (unpaired) electrons. The molecule has 0 spiro atoms. The van der Waals surface area contributed by atoms with E-state index in [-0.39, 0.29) is 17.3 Å². The number of nitrogens with zero attached hydrogens (tertiary/aromatic N) is 2. The number of likely N-dealkylation sites (tertiary alicyclic amines) is 1. The van der Waals surface area contributed by atoms with Crippen LogP contribution in [0.5, 0.6) is 0 Å². The summed E-state index contributed by atoms with van der Waals surface area (Å²) in [5, 5.41) is 0. The van der Waals surface area contributed by atoms with Crippen molar-refractivity contribution in [3.63, 3.8) is 0 Å². The molecule has 0 bridgehead atoms. The molecule has 3 rings (SSSR count). The zero-order chi connectivity index (χ0) is 21.7. The lowest BCUT2D eigenvalue weighted by atomic mass is 10.1. The van der Waals surface area contributed by atoms with Crippen molar-refractivity contribution in [3.8, 4) is 0 Å². The number of carbonyl (C=O) groups excluding carboxylic acids is 1. The molecule has 0 aromatic heterocycles. The predicted octanol–water partition coefficient (Wildman–Crippen LogP) is 4.55. The number of carbonyl (C=O) groups is 1. The molecule has 1 heterocycles. The normalized spacial score (nSPS) is 15.3. The van der Waals surface area contributed by atoms with Crippen molar-refractivity contribution in [2.75, 3.05) is 26.4 Å². The molecular formula is C23H30N2O3S2. The summed E-state index contributed by atoms with van der Waals surface area (Å²) in [5.41, 5.74) is 2.54. The van der Waals surface area contributed by atoms with E-state index < -0.39 is 10.0 Å². The highest BCUT2D eigenvalue weighted by Gasteiger charge is 2.26. The standard InChI is InChI=1S/C23H30N2O3S2/c1-18-8-10-19(11-9-18)17-24(2)30(27,28)20-12-13-22(29-3)21(16-20)23(26)25-14-6-4-5-7-15-25/h8-13,16H,4-7,14-15,17H2,1-3H3. The zero-order valence-electron chi connectivity index (χ0n) is 17.9. The van der Waals surface area contributed by atoms with Crippen LogP contribution >= 0.6 is 11.8 Å². The molecular weight excluding hydrogens is 416 g/mol. The molecule has 0 N–H and O–H groups in total. The molecule has 0 aliphatic carbocycles. The second kappa shape index (κ2) is 9.98. The largest absolute Gasteiger partial charge is 0.339 e. The van der Waals surface area contributed by atoms with Crippen LogP contribution in [-0.4, -0.2) is 49.9 Å². The maximum absolute atomic E-state index is 13.2. The van der Waals surface area contributed by atoms with Crippen molar-refractivity contribution < 1.29 is 13.2 Å². The summed E-state index contributed by atoms with van der Waals surface area (Å²) in [4.78, 5) is 16.0. The van der Waals surface area contributed by atoms with Gasteiger partial charge < -0.3 is 4.90 Å². The van der Waals surface area contributed by atoms with Crippen molar-refractivity contribution in [3.05, 3.63) is 59.2 Å². The van der Waals surface area contributed by atoms with Crippen LogP contribution in [0.3, 0.4) is 0 Å². The molecule has 1 saturated heterocycles. The summed E-state index contributed by atoms with van der Waals surface area (Å²) in [6.45, 7) is 3.75. The summed E-state index contributed by atoms with van der Waals surface area (Å²) in [6, 6.07) is 12.7. The lowest BCUT2D eigenvalue weighted by molar-refractivity contribution is 0.0758. The van der Waals surface area contributed by atoms with E-state index in [1.54, 1.807) is 25.2 Å². The van der Waals surface area contributed by atoms with E-state index in [0.29, 0.717) is 5.56 Å². The van der Waals surface area contributed by atoms with Gasteiger partial charge in [0, 0.05) is 31.6 Å². The molecule has 1 fully saturated rings. The number of aryl methyl sites for hydroxylation is 1. The zero-order valence-corrected chi connectivity index (χ0v) is 19.6. The number of thioether (sulfide) groups is 1. The number of rotatable bonds is 6. The predicted molar refractivity (Wildman–Crippen MR) is 122 cm³/mol. The first-order valence-corrected chi connectivity index (χ1v) is 13.0. The second-order valence-corrected chi connectivity index (χ2v) is 10.7. The van der Waals surface area contributed by atoms with Crippen molar-refractivity contribution >= 4 is 27.7 Å². The quantitative estimate of drug-likeness (QED) is 0.611. The molecule has 2 aromatic carbocycles. The Balaban J connectivity index is 1.88. The van der Waals surface area contributed by atoms with Crippen LogP contribution in [0, 0.1) is 6.92 Å². The Hall–Kier alpha value is -1.83. The van der Waals surface area contributed by atoms with Gasteiger partial charge in [-0.25, -0.2) is 8.42 Å². The van der Waals surface area contributed by atoms with Crippen LogP contribution in [0.15, 0.2) is 52.3 Å². The Labute approximate surface area is 184 Å². The topological polar surface area (TPSA) is 57.7 Å². The van der Waals surface area contributed by atoms with Crippen LogP contribution < -0.4 is 0 Å². The molecule has 5 nitrogen and oxygen atoms in total. The molecule has 1 aliphatic rings. The smallest absolute Gasteiger partial charge is 0.255 e. The SMILES string of the molecule is CSc1ccc(S(=O)(=O)N(C)Cc2ccc(C)cc2)cc1C(=O)N1CCCCCC1. The van der Waals surface area contributed by atoms with Crippen LogP contribution in [0.2, 0.25) is 0 Å². The number of hydrogen-bond donors (Lipinski definition) is 0. The number of sulfonamides is 1. The van der Waals surface area contributed by atoms with Crippen molar-refractivity contribution in [2.45, 2.75) is 48.9 Å². The summed E-state index contributed by atoms with van der Waals surface area (Å²) in [7, 11) is -2.14. The minimum atomic E-state index is -3.71. The Kier molecular flexibility index (Phi) is 7.60. The first kappa shape index (κ1) is 22.8. The van der Waals surface area contributed by atoms with Crippen LogP contribution in [0.1, 0.15) is 47.2 Å². The third-order valence-electron chi connectivity index (χ3n) is 5.53. The van der Waals surface area contributed by atoms with E-state index in [1.807, 2.05) is 42.3 Å². The van der Waals surface area contributed by atoms with Gasteiger partial charge in [0.15, 0.2) is 0 Å². The lowest BCUT2D eigenvalue weighted by Crippen LogP contribution is -2.32. The first-order valence-electron chi connectivity index (χ1n) is 10.3. The van der Waals surface area contributed by atoms with E-state index in [0.717, 1.165) is 54.8 Å². The minimum absolute atomic E-state index is 0.0699. The highest BCUT2D eigenvalue weighted by atomic mass is 32.2. The third kappa shape index (κ3) is 5.25. The molecule has 162 valence electrons. The minimum Gasteiger partial charge on any atom is -0.339 e. The molecule has 0 saturated carbocycles. The van der Waals surface area contributed by atoms with Gasteiger partial charge in [-0.2, -0.15) is 4.31 Å². The number of hydrogen-bond acceptors (Lipinski definition) is 4. The van der Waals surface area contributed by atoms with Gasteiger partial charge in [0.25, 0.3) is 5.91 Å². The summed E-state index contributed by atoms with van der Waals surface area (Å²) in [5.74, 6) is -0.0699. The van der Waals surface area contributed by atoms with Gasteiger partial charge in [-0.1, -0.05) is 42.7 Å². The monoisotopic (exact) mass is 446 g/mol. The molecule has 2 aromatic rings. The Morgan fingerprint density at radius 1 is 1.03 bits per heavy atom. The Bertz CT molecular complexity index is 980. The summed E-state index contributed by atoms with van der Waals surface area (Å²) >= 11 is 1.47. The van der Waals surface area contributed by atoms with E-state index in [2.05, 4.69) is 0 Å². The van der Waals surface area contributed by atoms with Gasteiger partial charge in [-0.15, -0.1) is 11.8 Å². The van der Waals surface area contributed by atoms with Gasteiger partial charge in [0.2, 0.25) is 10.0 Å². The molecule has 1 amide bonds. The molecule has 1 aliphatic heterocycles. The van der Waals surface area contributed by atoms with Crippen LogP contribution in [0.4, 0.5) is 0 Å². The molecule has 30 heavy (non-hydrogen) atoms. The molecule has 0 unspecified atom stereocenters. The van der Waals surface area contributed by atoms with Crippen LogP contribution in [0.25, 0.3) is 0 Å². The van der Waals surface area contributed by atoms with E-state index >= 15 is 0 Å². The van der Waals surface area contributed by atoms with Crippen molar-refractivity contribution in [2.24, 2.45) is 0 Å². The fourth-order valence-electron chi connectivity index (χ4n) is 3.67. The maximum atomic E-state index is 13.2. The fourth-order valence-corrected chi connectivity index (χ4v) is 5.43. The van der Waals surface area contributed by atoms with E-state index in [9.17, 15) is 13.2 Å². The Morgan fingerprint density at radius 3 is 2.27 bits per heavy atom. The lowest BCUT2D eigenvalue weighted by Gasteiger charge is -2.23. The average molecular weight is 447 g/mol. The van der Waals surface area contributed by atoms with Gasteiger partial charge in [-0.05, 0) is 49.8 Å². The first-order chi connectivity index (χ1) is 14.3. The molecule has 0 atom stereocenters. The van der Waals surface area contributed by atoms with Gasteiger partial charge in [0.1, 0.15) is 0 Å². The highest BCUT2D eigenvalue weighted by molar-refractivity contribution is 7.98. The summed E-state index contributed by atoms with van der Waals surface area (Å²) in [6.07, 6.45) is 6.18. The number of benzene rings is 2. The fraction of sp³-hybridized carbons (Fsp3) is 0.435. The maximum Gasteiger partial charge on any atom is 0.255 e. The Morgan fingerprint density at radius 2 is 1.67 bits per heavy atom. The number of amides is 1. The second-order valence-electron chi connectivity index (χ2n) is 7.82. The van der Waals surface area contributed by atoms with E-state index in [1.165, 1.54) is 16.1 Å². The average Bonchev–Trinajstić information content (AvgIpc) is 3.04. The highest BCUT2D eigenvalue weighted by Crippen LogP contribution is 2.27. The van der Waals surface area contributed by atoms with Gasteiger partial charge >= 0.3 is 0 Å².